The molecule has 0 aliphatic rings. The van der Waals surface area contributed by atoms with Crippen LogP contribution in [-0.4, -0.2) is 30.0 Å². The molecule has 1 aromatic heterocycles. The molecular formula is C13H10BrFN2O3. The fourth-order valence-corrected chi connectivity index (χ4v) is 2.04. The third kappa shape index (κ3) is 2.93. The Morgan fingerprint density at radius 1 is 1.25 bits per heavy atom. The molecule has 104 valence electrons. The molecule has 0 N–H and O–H groups in total. The van der Waals surface area contributed by atoms with Crippen molar-refractivity contribution in [2.24, 2.45) is 0 Å². The second kappa shape index (κ2) is 5.96. The van der Waals surface area contributed by atoms with Crippen molar-refractivity contribution in [3.05, 3.63) is 45.9 Å². The van der Waals surface area contributed by atoms with Crippen molar-refractivity contribution < 1.29 is 18.7 Å². The van der Waals surface area contributed by atoms with Gasteiger partial charge in [-0.2, -0.15) is 4.98 Å². The van der Waals surface area contributed by atoms with Crippen LogP contribution in [-0.2, 0) is 0 Å². The van der Waals surface area contributed by atoms with Crippen molar-refractivity contribution >= 4 is 21.7 Å². The lowest BCUT2D eigenvalue weighted by Crippen LogP contribution is -2.09. The molecule has 5 nitrogen and oxygen atoms in total. The van der Waals surface area contributed by atoms with E-state index in [2.05, 4.69) is 25.9 Å². The summed E-state index contributed by atoms with van der Waals surface area (Å²) >= 11 is 3.13. The lowest BCUT2D eigenvalue weighted by atomic mass is 10.1. The van der Waals surface area contributed by atoms with Gasteiger partial charge >= 0.3 is 0 Å². The van der Waals surface area contributed by atoms with Crippen LogP contribution < -0.4 is 9.47 Å². The van der Waals surface area contributed by atoms with E-state index >= 15 is 0 Å². The fourth-order valence-electron chi connectivity index (χ4n) is 1.57. The lowest BCUT2D eigenvalue weighted by molar-refractivity contribution is 0.102. The number of nitrogens with zero attached hydrogens (tertiary/aromatic N) is 2. The third-order valence-electron chi connectivity index (χ3n) is 2.46. The molecule has 0 radical (unpaired) electrons. The van der Waals surface area contributed by atoms with Gasteiger partial charge in [0, 0.05) is 10.0 Å². The Hall–Kier alpha value is -2.02. The van der Waals surface area contributed by atoms with E-state index in [1.165, 1.54) is 32.5 Å². The molecular weight excluding hydrogens is 331 g/mol. The van der Waals surface area contributed by atoms with Gasteiger partial charge in [0.2, 0.25) is 17.5 Å². The Balaban J connectivity index is 2.47. The summed E-state index contributed by atoms with van der Waals surface area (Å²) in [5.41, 5.74) is 0.139. The maximum Gasteiger partial charge on any atom is 0.247 e. The summed E-state index contributed by atoms with van der Waals surface area (Å²) in [6.07, 6.45) is 1.30. The van der Waals surface area contributed by atoms with E-state index in [4.69, 9.17) is 9.47 Å². The summed E-state index contributed by atoms with van der Waals surface area (Å²) in [6.45, 7) is 0. The highest BCUT2D eigenvalue weighted by atomic mass is 79.9. The number of ketones is 1. The number of carbonyl (C=O) groups excluding carboxylic acids is 1. The number of hydrogen-bond donors (Lipinski definition) is 0. The van der Waals surface area contributed by atoms with Crippen LogP contribution in [0.1, 0.15) is 16.1 Å². The first-order valence-corrected chi connectivity index (χ1v) is 6.30. The van der Waals surface area contributed by atoms with Crippen LogP contribution in [0.5, 0.6) is 11.8 Å². The average molecular weight is 341 g/mol. The van der Waals surface area contributed by atoms with E-state index in [0.29, 0.717) is 4.47 Å². The molecule has 0 fully saturated rings. The first kappa shape index (κ1) is 14.4. The molecule has 1 aromatic carbocycles. The van der Waals surface area contributed by atoms with E-state index in [9.17, 15) is 9.18 Å². The van der Waals surface area contributed by atoms with E-state index in [1.54, 1.807) is 0 Å². The van der Waals surface area contributed by atoms with Crippen LogP contribution in [0.15, 0.2) is 28.9 Å². The van der Waals surface area contributed by atoms with Crippen molar-refractivity contribution in [3.63, 3.8) is 0 Å². The van der Waals surface area contributed by atoms with Crippen LogP contribution in [0.4, 0.5) is 4.39 Å². The monoisotopic (exact) mass is 340 g/mol. The normalized spacial score (nSPS) is 10.2. The molecule has 2 rings (SSSR count). The average Bonchev–Trinajstić information content (AvgIpc) is 2.44. The number of halogens is 2. The standard InChI is InChI=1S/C13H10BrFN2O3/c1-19-10-6-16-11(13(17-10)20-2)12(18)7-3-8(14)5-9(15)4-7/h3-6H,1-2H3. The van der Waals surface area contributed by atoms with Crippen molar-refractivity contribution in [1.82, 2.24) is 9.97 Å². The van der Waals surface area contributed by atoms with Gasteiger partial charge in [-0.3, -0.25) is 4.79 Å². The van der Waals surface area contributed by atoms with Crippen molar-refractivity contribution in [2.45, 2.75) is 0 Å². The highest BCUT2D eigenvalue weighted by molar-refractivity contribution is 9.10. The summed E-state index contributed by atoms with van der Waals surface area (Å²) in [4.78, 5) is 20.2. The van der Waals surface area contributed by atoms with Gasteiger partial charge in [-0.05, 0) is 18.2 Å². The SMILES string of the molecule is COc1cnc(C(=O)c2cc(F)cc(Br)c2)c(OC)n1. The van der Waals surface area contributed by atoms with Gasteiger partial charge in [0.25, 0.3) is 0 Å². The van der Waals surface area contributed by atoms with Crippen LogP contribution in [0.2, 0.25) is 0 Å². The largest absolute Gasteiger partial charge is 0.480 e. The molecule has 0 spiro atoms. The molecule has 0 unspecified atom stereocenters. The van der Waals surface area contributed by atoms with Crippen molar-refractivity contribution in [3.8, 4) is 11.8 Å². The van der Waals surface area contributed by atoms with Gasteiger partial charge in [0.05, 0.1) is 20.4 Å². The molecule has 0 atom stereocenters. The van der Waals surface area contributed by atoms with Crippen LogP contribution >= 0.6 is 15.9 Å². The zero-order valence-electron chi connectivity index (χ0n) is 10.7. The zero-order valence-corrected chi connectivity index (χ0v) is 12.3. The third-order valence-corrected chi connectivity index (χ3v) is 2.92. The van der Waals surface area contributed by atoms with E-state index < -0.39 is 11.6 Å². The van der Waals surface area contributed by atoms with Crippen molar-refractivity contribution in [2.75, 3.05) is 14.2 Å². The maximum absolute atomic E-state index is 13.3. The van der Waals surface area contributed by atoms with Crippen LogP contribution in [0.3, 0.4) is 0 Å². The number of benzene rings is 1. The molecule has 0 saturated carbocycles. The molecule has 2 aromatic rings. The van der Waals surface area contributed by atoms with Gasteiger partial charge in [-0.15, -0.1) is 0 Å². The summed E-state index contributed by atoms with van der Waals surface area (Å²) in [5, 5.41) is 0. The predicted octanol–water partition coefficient (Wildman–Crippen LogP) is 2.63. The fraction of sp³-hybridized carbons (Fsp3) is 0.154. The molecule has 0 bridgehead atoms. The molecule has 0 amide bonds. The summed E-state index contributed by atoms with van der Waals surface area (Å²) in [7, 11) is 2.79. The summed E-state index contributed by atoms with van der Waals surface area (Å²) < 4.78 is 23.7. The van der Waals surface area contributed by atoms with E-state index in [0.717, 1.165) is 6.07 Å². The highest BCUT2D eigenvalue weighted by Gasteiger charge is 2.19. The number of ether oxygens (including phenoxy) is 2. The molecule has 0 saturated heterocycles. The van der Waals surface area contributed by atoms with Crippen LogP contribution in [0.25, 0.3) is 0 Å². The lowest BCUT2D eigenvalue weighted by Gasteiger charge is -2.07. The first-order chi connectivity index (χ1) is 9.55. The van der Waals surface area contributed by atoms with E-state index in [-0.39, 0.29) is 23.0 Å². The van der Waals surface area contributed by atoms with Gasteiger partial charge in [0.1, 0.15) is 5.82 Å². The van der Waals surface area contributed by atoms with Gasteiger partial charge in [-0.25, -0.2) is 9.37 Å². The minimum Gasteiger partial charge on any atom is -0.480 e. The number of carbonyl (C=O) groups is 1. The Morgan fingerprint density at radius 3 is 2.60 bits per heavy atom. The quantitative estimate of drug-likeness (QED) is 0.800. The van der Waals surface area contributed by atoms with Gasteiger partial charge in [-0.1, -0.05) is 15.9 Å². The number of aromatic nitrogens is 2. The summed E-state index contributed by atoms with van der Waals surface area (Å²) in [6, 6.07) is 3.88. The van der Waals surface area contributed by atoms with Gasteiger partial charge < -0.3 is 9.47 Å². The molecule has 20 heavy (non-hydrogen) atoms. The topological polar surface area (TPSA) is 61.3 Å². The Morgan fingerprint density at radius 2 is 2.00 bits per heavy atom. The Bertz CT molecular complexity index is 644. The molecule has 0 aliphatic heterocycles. The predicted molar refractivity (Wildman–Crippen MR) is 72.7 cm³/mol. The minimum absolute atomic E-state index is 0.00852. The maximum atomic E-state index is 13.3. The molecule has 7 heteroatoms. The number of methoxy groups -OCH3 is 2. The van der Waals surface area contributed by atoms with Gasteiger partial charge in [0.15, 0.2) is 5.69 Å². The zero-order chi connectivity index (χ0) is 14.7. The smallest absolute Gasteiger partial charge is 0.247 e. The Kier molecular flexibility index (Phi) is 4.29. The number of hydrogen-bond acceptors (Lipinski definition) is 5. The first-order valence-electron chi connectivity index (χ1n) is 5.51. The highest BCUT2D eigenvalue weighted by Crippen LogP contribution is 2.22. The van der Waals surface area contributed by atoms with E-state index in [1.807, 2.05) is 0 Å². The molecule has 0 aliphatic carbocycles. The van der Waals surface area contributed by atoms with Crippen LogP contribution in [0, 0.1) is 5.82 Å². The molecule has 1 heterocycles. The minimum atomic E-state index is -0.525. The van der Waals surface area contributed by atoms with Crippen molar-refractivity contribution in [1.29, 1.82) is 0 Å². The summed E-state index contributed by atoms with van der Waals surface area (Å²) in [5.74, 6) is -0.770. The Labute approximate surface area is 122 Å². The second-order valence-electron chi connectivity index (χ2n) is 3.76. The second-order valence-corrected chi connectivity index (χ2v) is 4.67. The number of rotatable bonds is 4.